The van der Waals surface area contributed by atoms with E-state index in [1.54, 1.807) is 49.4 Å². The summed E-state index contributed by atoms with van der Waals surface area (Å²) < 4.78 is 58.8. The van der Waals surface area contributed by atoms with Crippen LogP contribution in [-0.4, -0.2) is 18.5 Å². The van der Waals surface area contributed by atoms with Gasteiger partial charge in [-0.3, -0.25) is 8.74 Å². The van der Waals surface area contributed by atoms with Crippen LogP contribution in [0.1, 0.15) is 16.8 Å². The molecule has 6 nitrogen and oxygen atoms in total. The number of halogens is 2. The fraction of sp³-hybridized carbons (Fsp3) is 0.107. The van der Waals surface area contributed by atoms with Gasteiger partial charge < -0.3 is 5.73 Å². The predicted molar refractivity (Wildman–Crippen MR) is 140 cm³/mol. The standard InChI is InChI=1S/C28H23F2N3O3S/c1-17-21-10-12-24(27(30)28(21)33(32-17)20-9-5-6-18(14-20)15-31)23-13-11-22(19-7-3-2-4-8-19)25(26(23)29)16-36-37(34)35/h2-14H,15-16,31H2,1H3,(H,34,35). The molecule has 0 aliphatic carbocycles. The van der Waals surface area contributed by atoms with Gasteiger partial charge in [-0.25, -0.2) is 13.5 Å². The molecule has 4 aromatic carbocycles. The fourth-order valence-corrected chi connectivity index (χ4v) is 4.71. The van der Waals surface area contributed by atoms with Crippen molar-refractivity contribution < 1.29 is 21.7 Å². The number of nitrogens with two attached hydrogens (primary N) is 1. The second kappa shape index (κ2) is 10.3. The molecule has 0 spiro atoms. The van der Waals surface area contributed by atoms with Crippen LogP contribution in [-0.2, 0) is 28.7 Å². The van der Waals surface area contributed by atoms with E-state index in [4.69, 9.17) is 14.5 Å². The molecule has 5 aromatic rings. The summed E-state index contributed by atoms with van der Waals surface area (Å²) in [5.41, 5.74) is 9.38. The highest BCUT2D eigenvalue weighted by atomic mass is 32.2. The van der Waals surface area contributed by atoms with Gasteiger partial charge in [0.15, 0.2) is 5.82 Å². The molecule has 1 unspecified atom stereocenters. The van der Waals surface area contributed by atoms with Crippen molar-refractivity contribution in [2.45, 2.75) is 20.1 Å². The number of hydrogen-bond donors (Lipinski definition) is 2. The van der Waals surface area contributed by atoms with E-state index in [2.05, 4.69) is 5.10 Å². The van der Waals surface area contributed by atoms with Gasteiger partial charge in [-0.2, -0.15) is 9.31 Å². The van der Waals surface area contributed by atoms with Gasteiger partial charge >= 0.3 is 11.4 Å². The Hall–Kier alpha value is -3.76. The van der Waals surface area contributed by atoms with Crippen LogP contribution < -0.4 is 5.73 Å². The molecule has 1 heterocycles. The lowest BCUT2D eigenvalue weighted by atomic mass is 9.93. The van der Waals surface area contributed by atoms with E-state index in [-0.39, 0.29) is 22.2 Å². The number of hydrogen-bond acceptors (Lipinski definition) is 4. The summed E-state index contributed by atoms with van der Waals surface area (Å²) in [7, 11) is 0. The highest BCUT2D eigenvalue weighted by molar-refractivity contribution is 7.74. The highest BCUT2D eigenvalue weighted by Crippen LogP contribution is 2.37. The molecule has 0 saturated carbocycles. The van der Waals surface area contributed by atoms with Crippen LogP contribution >= 0.6 is 0 Å². The summed E-state index contributed by atoms with van der Waals surface area (Å²) in [6.07, 6.45) is 0. The first-order valence-corrected chi connectivity index (χ1v) is 12.5. The predicted octanol–water partition coefficient (Wildman–Crippen LogP) is 6.06. The lowest BCUT2D eigenvalue weighted by Crippen LogP contribution is -2.04. The van der Waals surface area contributed by atoms with Gasteiger partial charge in [-0.15, -0.1) is 0 Å². The Morgan fingerprint density at radius 2 is 1.65 bits per heavy atom. The molecule has 0 bridgehead atoms. The molecule has 1 aromatic heterocycles. The second-order valence-electron chi connectivity index (χ2n) is 8.49. The highest BCUT2D eigenvalue weighted by Gasteiger charge is 2.22. The Bertz CT molecular complexity index is 1640. The van der Waals surface area contributed by atoms with Crippen molar-refractivity contribution in [2.24, 2.45) is 5.73 Å². The zero-order valence-corrected chi connectivity index (χ0v) is 20.6. The molecule has 188 valence electrons. The Morgan fingerprint density at radius 3 is 2.38 bits per heavy atom. The molecule has 0 aliphatic heterocycles. The number of benzene rings is 4. The van der Waals surface area contributed by atoms with E-state index in [9.17, 15) is 4.21 Å². The third-order valence-electron chi connectivity index (χ3n) is 6.28. The molecule has 5 rings (SSSR count). The summed E-state index contributed by atoms with van der Waals surface area (Å²) >= 11 is -2.60. The molecule has 37 heavy (non-hydrogen) atoms. The Labute approximate surface area is 214 Å². The number of aromatic nitrogens is 2. The number of rotatable bonds is 7. The normalized spacial score (nSPS) is 12.2. The topological polar surface area (TPSA) is 90.4 Å². The average Bonchev–Trinajstić information content (AvgIpc) is 3.26. The molecule has 9 heteroatoms. The first kappa shape index (κ1) is 24.9. The van der Waals surface area contributed by atoms with Gasteiger partial charge in [0.1, 0.15) is 11.3 Å². The smallest absolute Gasteiger partial charge is 0.302 e. The van der Waals surface area contributed by atoms with E-state index in [1.165, 1.54) is 16.8 Å². The minimum absolute atomic E-state index is 0.00233. The number of nitrogens with zero attached hydrogens (tertiary/aromatic N) is 2. The van der Waals surface area contributed by atoms with Crippen LogP contribution in [0.25, 0.3) is 38.8 Å². The first-order valence-electron chi connectivity index (χ1n) is 11.5. The molecule has 0 aliphatic rings. The summed E-state index contributed by atoms with van der Waals surface area (Å²) in [4.78, 5) is 0. The van der Waals surface area contributed by atoms with E-state index in [1.807, 2.05) is 24.3 Å². The van der Waals surface area contributed by atoms with Gasteiger partial charge in [0.25, 0.3) is 0 Å². The molecule has 1 atom stereocenters. The van der Waals surface area contributed by atoms with Crippen molar-refractivity contribution in [3.8, 4) is 27.9 Å². The monoisotopic (exact) mass is 519 g/mol. The van der Waals surface area contributed by atoms with Crippen LogP contribution in [0, 0.1) is 18.6 Å². The zero-order valence-electron chi connectivity index (χ0n) is 19.8. The summed E-state index contributed by atoms with van der Waals surface area (Å²) in [6, 6.07) is 22.7. The van der Waals surface area contributed by atoms with E-state index in [0.29, 0.717) is 34.4 Å². The van der Waals surface area contributed by atoms with Crippen molar-refractivity contribution in [2.75, 3.05) is 0 Å². The Morgan fingerprint density at radius 1 is 0.946 bits per heavy atom. The zero-order chi connectivity index (χ0) is 26.1. The van der Waals surface area contributed by atoms with Gasteiger partial charge in [0.05, 0.1) is 18.0 Å². The fourth-order valence-electron chi connectivity index (χ4n) is 4.50. The van der Waals surface area contributed by atoms with E-state index >= 15 is 8.78 Å². The quantitative estimate of drug-likeness (QED) is 0.255. The van der Waals surface area contributed by atoms with Crippen LogP contribution in [0.2, 0.25) is 0 Å². The first-order chi connectivity index (χ1) is 17.9. The Balaban J connectivity index is 1.71. The maximum Gasteiger partial charge on any atom is 0.302 e. The van der Waals surface area contributed by atoms with E-state index < -0.39 is 29.6 Å². The van der Waals surface area contributed by atoms with Crippen molar-refractivity contribution in [3.05, 3.63) is 107 Å². The molecule has 0 radical (unpaired) electrons. The number of aryl methyl sites for hydroxylation is 1. The number of fused-ring (bicyclic) bond motifs is 1. The molecule has 0 fully saturated rings. The lowest BCUT2D eigenvalue weighted by Gasteiger charge is -2.15. The van der Waals surface area contributed by atoms with Crippen LogP contribution in [0.3, 0.4) is 0 Å². The van der Waals surface area contributed by atoms with Crippen molar-refractivity contribution in [1.29, 1.82) is 0 Å². The van der Waals surface area contributed by atoms with E-state index in [0.717, 1.165) is 5.56 Å². The Kier molecular flexibility index (Phi) is 6.94. The largest absolute Gasteiger partial charge is 0.326 e. The molecular formula is C28H23F2N3O3S. The molecule has 0 amide bonds. The van der Waals surface area contributed by atoms with Gasteiger partial charge in [0.2, 0.25) is 0 Å². The molecule has 0 saturated heterocycles. The summed E-state index contributed by atoms with van der Waals surface area (Å²) in [6.45, 7) is 1.63. The molecular weight excluding hydrogens is 496 g/mol. The van der Waals surface area contributed by atoms with Crippen molar-refractivity contribution >= 4 is 22.3 Å². The summed E-state index contributed by atoms with van der Waals surface area (Å²) in [5.74, 6) is -1.38. The third-order valence-corrected chi connectivity index (χ3v) is 6.60. The molecule has 3 N–H and O–H groups in total. The SMILES string of the molecule is Cc1nn(-c2cccc(CN)c2)c2c(F)c(-c3ccc(-c4ccccc4)c(COS(=O)O)c3F)ccc12. The maximum absolute atomic E-state index is 16.2. The second-order valence-corrected chi connectivity index (χ2v) is 9.16. The van der Waals surface area contributed by atoms with Crippen molar-refractivity contribution in [3.63, 3.8) is 0 Å². The van der Waals surface area contributed by atoms with Gasteiger partial charge in [-0.1, -0.05) is 66.7 Å². The average molecular weight is 520 g/mol. The third kappa shape index (κ3) is 4.70. The van der Waals surface area contributed by atoms with Crippen LogP contribution in [0.15, 0.2) is 78.9 Å². The van der Waals surface area contributed by atoms with Gasteiger partial charge in [0, 0.05) is 28.6 Å². The van der Waals surface area contributed by atoms with Crippen LogP contribution in [0.5, 0.6) is 0 Å². The lowest BCUT2D eigenvalue weighted by molar-refractivity contribution is 0.292. The minimum Gasteiger partial charge on any atom is -0.326 e. The maximum atomic E-state index is 16.2. The minimum atomic E-state index is -2.60. The summed E-state index contributed by atoms with van der Waals surface area (Å²) in [5, 5.41) is 5.13. The van der Waals surface area contributed by atoms with Crippen LogP contribution in [0.4, 0.5) is 8.78 Å². The van der Waals surface area contributed by atoms with Gasteiger partial charge in [-0.05, 0) is 35.7 Å². The van der Waals surface area contributed by atoms with Crippen molar-refractivity contribution in [1.82, 2.24) is 9.78 Å².